The first kappa shape index (κ1) is 39.4. The van der Waals surface area contributed by atoms with Gasteiger partial charge in [-0.1, -0.05) is 81.4 Å². The quantitative estimate of drug-likeness (QED) is 0.119. The van der Waals surface area contributed by atoms with Crippen molar-refractivity contribution in [1.29, 1.82) is 5.26 Å². The number of nitriles is 1. The predicted octanol–water partition coefficient (Wildman–Crippen LogP) is 8.41. The number of nitrogens with one attached hydrogen (secondary N) is 1. The van der Waals surface area contributed by atoms with Gasteiger partial charge in [0.1, 0.15) is 11.4 Å². The number of nitrogens with zero attached hydrogens (tertiary/aromatic N) is 6. The maximum Gasteiger partial charge on any atom is 0.419 e. The Kier molecular flexibility index (Phi) is 10.3. The van der Waals surface area contributed by atoms with Gasteiger partial charge in [-0.05, 0) is 85.4 Å². The number of benzene rings is 3. The van der Waals surface area contributed by atoms with Crippen LogP contribution in [-0.4, -0.2) is 69.5 Å². The van der Waals surface area contributed by atoms with Gasteiger partial charge >= 0.3 is 6.09 Å². The highest BCUT2D eigenvalue weighted by Crippen LogP contribution is 2.39. The second-order valence-electron chi connectivity index (χ2n) is 17.1. The number of ketones is 1. The number of H-pyrrole nitrogens is 1. The van der Waals surface area contributed by atoms with E-state index >= 15 is 0 Å². The molecule has 7 aromatic rings. The smallest absolute Gasteiger partial charge is 0.419 e. The van der Waals surface area contributed by atoms with Crippen molar-refractivity contribution in [2.75, 3.05) is 18.0 Å². The molecule has 1 saturated heterocycles. The van der Waals surface area contributed by atoms with E-state index in [1.807, 2.05) is 12.1 Å². The highest BCUT2D eigenvalue weighted by Gasteiger charge is 2.51. The first-order chi connectivity index (χ1) is 28.3. The third kappa shape index (κ3) is 7.55. The first-order valence-electron chi connectivity index (χ1n) is 19.9. The number of piperidine rings is 1. The van der Waals surface area contributed by atoms with Crippen LogP contribution in [-0.2, 0) is 9.16 Å². The maximum atomic E-state index is 14.0. The van der Waals surface area contributed by atoms with E-state index in [1.165, 1.54) is 14.9 Å². The number of imidazole rings is 1. The van der Waals surface area contributed by atoms with Crippen molar-refractivity contribution in [3.8, 4) is 17.2 Å². The van der Waals surface area contributed by atoms with E-state index in [9.17, 15) is 14.9 Å². The van der Waals surface area contributed by atoms with Crippen LogP contribution in [0.15, 0.2) is 116 Å². The lowest BCUT2D eigenvalue weighted by Crippen LogP contribution is -2.68. The van der Waals surface area contributed by atoms with Gasteiger partial charge in [-0.15, -0.1) is 0 Å². The molecule has 0 aliphatic carbocycles. The number of hydrogen-bond donors (Lipinski definition) is 1. The Hall–Kier alpha value is -6.42. The van der Waals surface area contributed by atoms with Crippen molar-refractivity contribution in [2.45, 2.75) is 71.1 Å². The average Bonchev–Trinajstić information content (AvgIpc) is 3.87. The molecule has 59 heavy (non-hydrogen) atoms. The molecule has 0 radical (unpaired) electrons. The highest BCUT2D eigenvalue weighted by molar-refractivity contribution is 6.99. The molecule has 4 aromatic heterocycles. The molecule has 0 unspecified atom stereocenters. The van der Waals surface area contributed by atoms with Gasteiger partial charge in [-0.3, -0.25) is 14.3 Å². The fourth-order valence-corrected chi connectivity index (χ4v) is 12.9. The van der Waals surface area contributed by atoms with E-state index < -0.39 is 20.0 Å². The Bertz CT molecular complexity index is 2680. The van der Waals surface area contributed by atoms with Crippen molar-refractivity contribution in [2.24, 2.45) is 0 Å². The lowest BCUT2D eigenvalue weighted by Gasteiger charge is -2.46. The molecule has 12 heteroatoms. The fourth-order valence-electron chi connectivity index (χ4n) is 8.19. The second-order valence-corrected chi connectivity index (χ2v) is 21.3. The van der Waals surface area contributed by atoms with E-state index in [2.05, 4.69) is 107 Å². The lowest BCUT2D eigenvalue weighted by molar-refractivity contribution is 0.0544. The van der Waals surface area contributed by atoms with Crippen molar-refractivity contribution in [1.82, 2.24) is 24.5 Å². The third-order valence-electron chi connectivity index (χ3n) is 11.0. The number of aromatic nitrogens is 5. The summed E-state index contributed by atoms with van der Waals surface area (Å²) in [6, 6.07) is 34.3. The van der Waals surface area contributed by atoms with Gasteiger partial charge in [0.05, 0.1) is 28.9 Å². The van der Waals surface area contributed by atoms with E-state index in [1.54, 1.807) is 63.6 Å². The van der Waals surface area contributed by atoms with E-state index in [0.717, 1.165) is 31.7 Å². The summed E-state index contributed by atoms with van der Waals surface area (Å²) in [6.07, 6.45) is 6.07. The first-order valence-corrected chi connectivity index (χ1v) is 21.8. The number of anilines is 1. The molecular formula is C47H47N7O4Si. The Morgan fingerprint density at radius 2 is 1.51 bits per heavy atom. The molecule has 0 bridgehead atoms. The summed E-state index contributed by atoms with van der Waals surface area (Å²) < 4.78 is 14.4. The Labute approximate surface area is 344 Å². The number of aromatic amines is 1. The third-order valence-corrected chi connectivity index (χ3v) is 16.1. The molecule has 298 valence electrons. The molecule has 1 aliphatic rings. The number of rotatable bonds is 8. The molecule has 1 N–H and O–H groups in total. The number of carbonyl (C=O) groups is 2. The summed E-state index contributed by atoms with van der Waals surface area (Å²) in [7, 11) is -2.68. The van der Waals surface area contributed by atoms with Crippen molar-refractivity contribution in [3.05, 3.63) is 133 Å². The second kappa shape index (κ2) is 15.4. The molecule has 11 nitrogen and oxygen atoms in total. The Morgan fingerprint density at radius 3 is 2.14 bits per heavy atom. The van der Waals surface area contributed by atoms with E-state index in [4.69, 9.17) is 14.1 Å². The number of carbonyl (C=O) groups excluding carboxylic acids is 2. The molecule has 5 heterocycles. The zero-order chi connectivity index (χ0) is 41.5. The molecule has 0 amide bonds. The van der Waals surface area contributed by atoms with Crippen LogP contribution in [0.1, 0.15) is 76.1 Å². The van der Waals surface area contributed by atoms with Crippen LogP contribution in [0.25, 0.3) is 33.2 Å². The molecule has 8 rings (SSSR count). The summed E-state index contributed by atoms with van der Waals surface area (Å²) in [5.41, 5.74) is 2.74. The van der Waals surface area contributed by atoms with Gasteiger partial charge in [-0.2, -0.15) is 5.26 Å². The van der Waals surface area contributed by atoms with Crippen molar-refractivity contribution < 1.29 is 18.8 Å². The molecule has 0 spiro atoms. The lowest BCUT2D eigenvalue weighted by atomic mass is 9.95. The summed E-state index contributed by atoms with van der Waals surface area (Å²) in [5.74, 6) is 0.597. The highest BCUT2D eigenvalue weighted by atomic mass is 28.4. The van der Waals surface area contributed by atoms with Crippen molar-refractivity contribution >= 4 is 58.5 Å². The van der Waals surface area contributed by atoms with Gasteiger partial charge in [0.15, 0.2) is 11.5 Å². The van der Waals surface area contributed by atoms with Crippen molar-refractivity contribution in [3.63, 3.8) is 0 Å². The zero-order valence-corrected chi connectivity index (χ0v) is 35.2. The summed E-state index contributed by atoms with van der Waals surface area (Å²) in [5, 5.41) is 13.2. The molecule has 0 saturated carbocycles. The average molecular weight is 802 g/mol. The molecule has 0 atom stereocenters. The molecule has 1 fully saturated rings. The number of hydrogen-bond acceptors (Lipinski definition) is 9. The number of pyridine rings is 2. The standard InChI is InChI=1S/C47H47N7O4Si/c1-46(2,3)57-45(56)54-26-23-36-38(29-49-30-40(36)54)37-27-31(17-18-32(37)28-48)42(55)44-50-39-19-20-41(51-43(39)52-44)53-24-21-33(22-25-53)58-59(47(4,5)6,34-13-9-7-10-14-34)35-15-11-8-12-16-35/h7-20,23,26-27,29-30,33H,21-22,24-25H2,1-6H3,(H,50,51,52). The van der Waals surface area contributed by atoms with Crippen LogP contribution in [0.3, 0.4) is 0 Å². The summed E-state index contributed by atoms with van der Waals surface area (Å²) in [6.45, 7) is 13.9. The van der Waals surface area contributed by atoms with E-state index in [-0.39, 0.29) is 22.7 Å². The minimum absolute atomic E-state index is 0.0841. The molecule has 3 aromatic carbocycles. The van der Waals surface area contributed by atoms with Crippen LogP contribution in [0.4, 0.5) is 10.6 Å². The monoisotopic (exact) mass is 801 g/mol. The zero-order valence-electron chi connectivity index (χ0n) is 34.2. The van der Waals surface area contributed by atoms with Crippen LogP contribution in [0.5, 0.6) is 0 Å². The van der Waals surface area contributed by atoms with Crippen LogP contribution >= 0.6 is 0 Å². The molecule has 1 aliphatic heterocycles. The fraction of sp³-hybridized carbons (Fsp3) is 0.277. The maximum absolute atomic E-state index is 14.0. The SMILES string of the molecule is CC(C)(C)OC(=O)n1ccc2c(-c3cc(C(=O)c4nc5nc(N6CCC(O[Si](c7ccccc7)(c7ccccc7)C(C)(C)C)CC6)ccc5[nH]4)ccc3C#N)cncc21. The van der Waals surface area contributed by atoms with Crippen LogP contribution < -0.4 is 15.3 Å². The predicted molar refractivity (Wildman–Crippen MR) is 233 cm³/mol. The largest absolute Gasteiger partial charge is 0.443 e. The summed E-state index contributed by atoms with van der Waals surface area (Å²) in [4.78, 5) is 46.3. The van der Waals surface area contributed by atoms with Gasteiger partial charge in [0.2, 0.25) is 5.78 Å². The van der Waals surface area contributed by atoms with Crippen LogP contribution in [0, 0.1) is 11.3 Å². The van der Waals surface area contributed by atoms with Gasteiger partial charge in [0.25, 0.3) is 8.32 Å². The Balaban J connectivity index is 1.02. The minimum Gasteiger partial charge on any atom is -0.443 e. The normalized spacial score (nSPS) is 14.1. The topological polar surface area (TPSA) is 139 Å². The number of fused-ring (bicyclic) bond motifs is 2. The Morgan fingerprint density at radius 1 is 0.831 bits per heavy atom. The van der Waals surface area contributed by atoms with Gasteiger partial charge < -0.3 is 19.0 Å². The van der Waals surface area contributed by atoms with Crippen LogP contribution in [0.2, 0.25) is 5.04 Å². The van der Waals surface area contributed by atoms with Gasteiger partial charge in [-0.25, -0.2) is 14.8 Å². The van der Waals surface area contributed by atoms with E-state index in [0.29, 0.717) is 44.3 Å². The number of ether oxygens (including phenoxy) is 1. The molecular weight excluding hydrogens is 755 g/mol. The van der Waals surface area contributed by atoms with Gasteiger partial charge in [0, 0.05) is 53.7 Å². The summed E-state index contributed by atoms with van der Waals surface area (Å²) >= 11 is 0. The minimum atomic E-state index is -2.68.